The summed E-state index contributed by atoms with van der Waals surface area (Å²) in [7, 11) is 1.62. The van der Waals surface area contributed by atoms with E-state index in [4.69, 9.17) is 9.84 Å². The number of methoxy groups -OCH3 is 1. The van der Waals surface area contributed by atoms with E-state index in [-0.39, 0.29) is 6.42 Å². The number of rotatable bonds is 4. The van der Waals surface area contributed by atoms with E-state index in [1.54, 1.807) is 7.11 Å². The van der Waals surface area contributed by atoms with Crippen LogP contribution >= 0.6 is 15.9 Å². The average molecular weight is 261 g/mol. The van der Waals surface area contributed by atoms with Gasteiger partial charge in [-0.15, -0.1) is 0 Å². The van der Waals surface area contributed by atoms with Gasteiger partial charge in [-0.05, 0) is 40.8 Å². The maximum atomic E-state index is 10.4. The molecule has 0 amide bonds. The molecule has 1 aliphatic rings. The van der Waals surface area contributed by atoms with Crippen LogP contribution in [0.1, 0.15) is 19.3 Å². The van der Waals surface area contributed by atoms with E-state index >= 15 is 0 Å². The summed E-state index contributed by atoms with van der Waals surface area (Å²) in [5, 5.41) is 8.54. The van der Waals surface area contributed by atoms with Crippen molar-refractivity contribution in [3.05, 3.63) is 22.4 Å². The van der Waals surface area contributed by atoms with Crippen LogP contribution in [0.25, 0.3) is 0 Å². The molecular weight excluding hydrogens is 248 g/mol. The zero-order valence-electron chi connectivity index (χ0n) is 8.00. The molecule has 1 unspecified atom stereocenters. The van der Waals surface area contributed by atoms with Crippen LogP contribution in [0.2, 0.25) is 0 Å². The van der Waals surface area contributed by atoms with Crippen LogP contribution in [-0.4, -0.2) is 18.2 Å². The molecule has 0 saturated heterocycles. The summed E-state index contributed by atoms with van der Waals surface area (Å²) in [5.41, 5.74) is 0. The van der Waals surface area contributed by atoms with E-state index in [2.05, 4.69) is 15.9 Å². The Bertz CT molecular complexity index is 281. The fourth-order valence-electron chi connectivity index (χ4n) is 1.40. The van der Waals surface area contributed by atoms with Crippen molar-refractivity contribution in [3.8, 4) is 0 Å². The molecule has 0 fully saturated rings. The third kappa shape index (κ3) is 3.18. The summed E-state index contributed by atoms with van der Waals surface area (Å²) in [4.78, 5) is 10.4. The van der Waals surface area contributed by atoms with Crippen molar-refractivity contribution < 1.29 is 14.6 Å². The fraction of sp³-hybridized carbons (Fsp3) is 0.500. The molecule has 0 spiro atoms. The molecule has 0 aliphatic heterocycles. The highest BCUT2D eigenvalue weighted by Gasteiger charge is 2.15. The van der Waals surface area contributed by atoms with Gasteiger partial charge in [-0.25, -0.2) is 0 Å². The van der Waals surface area contributed by atoms with Crippen molar-refractivity contribution in [2.45, 2.75) is 19.3 Å². The Morgan fingerprint density at radius 1 is 1.79 bits per heavy atom. The molecule has 3 nitrogen and oxygen atoms in total. The van der Waals surface area contributed by atoms with Crippen LogP contribution in [-0.2, 0) is 9.53 Å². The van der Waals surface area contributed by atoms with Crippen LogP contribution in [0.5, 0.6) is 0 Å². The number of aliphatic carboxylic acids is 1. The predicted molar refractivity (Wildman–Crippen MR) is 57.1 cm³/mol. The van der Waals surface area contributed by atoms with Gasteiger partial charge >= 0.3 is 5.97 Å². The first-order chi connectivity index (χ1) is 6.63. The molecule has 0 heterocycles. The molecule has 4 heteroatoms. The van der Waals surface area contributed by atoms with Crippen LogP contribution < -0.4 is 0 Å². The maximum Gasteiger partial charge on any atom is 0.303 e. The first-order valence-electron chi connectivity index (χ1n) is 4.47. The molecule has 0 bridgehead atoms. The highest BCUT2D eigenvalue weighted by atomic mass is 79.9. The largest absolute Gasteiger partial charge is 0.496 e. The second-order valence-electron chi connectivity index (χ2n) is 3.22. The highest BCUT2D eigenvalue weighted by molar-refractivity contribution is 9.11. The van der Waals surface area contributed by atoms with Gasteiger partial charge in [-0.3, -0.25) is 4.79 Å². The molecule has 1 N–H and O–H groups in total. The number of carboxylic acid groups (broad SMARTS) is 1. The van der Waals surface area contributed by atoms with Gasteiger partial charge in [-0.2, -0.15) is 0 Å². The highest BCUT2D eigenvalue weighted by Crippen LogP contribution is 2.29. The topological polar surface area (TPSA) is 46.5 Å². The molecular formula is C10H13BrO3. The molecule has 0 saturated carbocycles. The Kier molecular flexibility index (Phi) is 4.20. The number of allylic oxidation sites excluding steroid dienone is 3. The van der Waals surface area contributed by atoms with E-state index < -0.39 is 5.97 Å². The smallest absolute Gasteiger partial charge is 0.303 e. The monoisotopic (exact) mass is 260 g/mol. The Morgan fingerprint density at radius 2 is 2.50 bits per heavy atom. The SMILES string of the molecule is COC1=CCC(CCC(=O)O)C=C1Br. The van der Waals surface area contributed by atoms with E-state index in [0.29, 0.717) is 12.3 Å². The molecule has 0 radical (unpaired) electrons. The van der Waals surface area contributed by atoms with Crippen LogP contribution in [0.15, 0.2) is 22.4 Å². The molecule has 14 heavy (non-hydrogen) atoms. The minimum atomic E-state index is -0.740. The number of carboxylic acids is 1. The van der Waals surface area contributed by atoms with Gasteiger partial charge in [0.05, 0.1) is 11.6 Å². The number of hydrogen-bond acceptors (Lipinski definition) is 2. The van der Waals surface area contributed by atoms with Crippen molar-refractivity contribution in [3.63, 3.8) is 0 Å². The Labute approximate surface area is 91.6 Å². The van der Waals surface area contributed by atoms with Gasteiger partial charge in [0.1, 0.15) is 5.76 Å². The molecule has 1 aliphatic carbocycles. The minimum Gasteiger partial charge on any atom is -0.496 e. The molecule has 0 aromatic carbocycles. The summed E-state index contributed by atoms with van der Waals surface area (Å²) in [6.45, 7) is 0. The second-order valence-corrected chi connectivity index (χ2v) is 4.07. The lowest BCUT2D eigenvalue weighted by atomic mass is 9.95. The van der Waals surface area contributed by atoms with Crippen molar-refractivity contribution in [1.29, 1.82) is 0 Å². The van der Waals surface area contributed by atoms with E-state index in [1.165, 1.54) is 0 Å². The normalized spacial score (nSPS) is 21.1. The van der Waals surface area contributed by atoms with E-state index in [1.807, 2.05) is 12.2 Å². The zero-order valence-corrected chi connectivity index (χ0v) is 9.58. The predicted octanol–water partition coefficient (Wildman–Crippen LogP) is 2.68. The third-order valence-corrected chi connectivity index (χ3v) is 2.83. The van der Waals surface area contributed by atoms with E-state index in [0.717, 1.165) is 16.7 Å². The van der Waals surface area contributed by atoms with Crippen molar-refractivity contribution in [2.24, 2.45) is 5.92 Å². The summed E-state index contributed by atoms with van der Waals surface area (Å²) < 4.78 is 6.03. The lowest BCUT2D eigenvalue weighted by molar-refractivity contribution is -0.137. The number of hydrogen-bond donors (Lipinski definition) is 1. The zero-order chi connectivity index (χ0) is 10.6. The van der Waals surface area contributed by atoms with Gasteiger partial charge in [0.15, 0.2) is 0 Å². The van der Waals surface area contributed by atoms with Crippen molar-refractivity contribution in [1.82, 2.24) is 0 Å². The Morgan fingerprint density at radius 3 is 3.00 bits per heavy atom. The number of halogens is 1. The lowest BCUT2D eigenvalue weighted by Crippen LogP contribution is -2.06. The quantitative estimate of drug-likeness (QED) is 0.846. The lowest BCUT2D eigenvalue weighted by Gasteiger charge is -2.17. The van der Waals surface area contributed by atoms with Crippen molar-refractivity contribution in [2.75, 3.05) is 7.11 Å². The maximum absolute atomic E-state index is 10.4. The van der Waals surface area contributed by atoms with Gasteiger partial charge in [-0.1, -0.05) is 6.08 Å². The standard InChI is InChI=1S/C10H13BrO3/c1-14-9-4-2-7(6-8(9)11)3-5-10(12)13/h4,6-7H,2-3,5H2,1H3,(H,12,13). The Balaban J connectivity index is 2.47. The molecule has 0 aromatic rings. The second kappa shape index (κ2) is 5.20. The molecule has 1 atom stereocenters. The van der Waals surface area contributed by atoms with Crippen molar-refractivity contribution >= 4 is 21.9 Å². The van der Waals surface area contributed by atoms with Gasteiger partial charge in [0.2, 0.25) is 0 Å². The van der Waals surface area contributed by atoms with Crippen LogP contribution in [0, 0.1) is 5.92 Å². The average Bonchev–Trinajstić information content (AvgIpc) is 2.15. The molecule has 1 rings (SSSR count). The fourth-order valence-corrected chi connectivity index (χ4v) is 2.10. The number of ether oxygens (including phenoxy) is 1. The first-order valence-corrected chi connectivity index (χ1v) is 5.26. The van der Waals surface area contributed by atoms with Crippen LogP contribution in [0.3, 0.4) is 0 Å². The first kappa shape index (κ1) is 11.3. The number of carbonyl (C=O) groups is 1. The summed E-state index contributed by atoms with van der Waals surface area (Å²) in [5.74, 6) is 0.395. The van der Waals surface area contributed by atoms with Crippen LogP contribution in [0.4, 0.5) is 0 Å². The Hall–Kier alpha value is -0.770. The van der Waals surface area contributed by atoms with Gasteiger partial charge < -0.3 is 9.84 Å². The van der Waals surface area contributed by atoms with Gasteiger partial charge in [0.25, 0.3) is 0 Å². The van der Waals surface area contributed by atoms with Gasteiger partial charge in [0, 0.05) is 6.42 Å². The summed E-state index contributed by atoms with van der Waals surface area (Å²) in [6, 6.07) is 0. The summed E-state index contributed by atoms with van der Waals surface area (Å²) in [6.07, 6.45) is 5.75. The minimum absolute atomic E-state index is 0.220. The molecule has 0 aromatic heterocycles. The molecule has 78 valence electrons. The summed E-state index contributed by atoms with van der Waals surface area (Å²) >= 11 is 3.38. The third-order valence-electron chi connectivity index (χ3n) is 2.17. The van der Waals surface area contributed by atoms with E-state index in [9.17, 15) is 4.79 Å².